The molecule has 2 aromatic rings. The van der Waals surface area contributed by atoms with Crippen LogP contribution in [-0.4, -0.2) is 30.2 Å². The average Bonchev–Trinajstić information content (AvgIpc) is 3.40. The van der Waals surface area contributed by atoms with Crippen LogP contribution in [0.25, 0.3) is 0 Å². The van der Waals surface area contributed by atoms with E-state index in [1.807, 2.05) is 12.1 Å². The number of carbonyl (C=O) groups is 2. The summed E-state index contributed by atoms with van der Waals surface area (Å²) in [5, 5.41) is 0. The quantitative estimate of drug-likeness (QED) is 0.725. The molecule has 1 heterocycles. The molecule has 5 nitrogen and oxygen atoms in total. The third-order valence-corrected chi connectivity index (χ3v) is 5.49. The largest absolute Gasteiger partial charge is 0.573 e. The summed E-state index contributed by atoms with van der Waals surface area (Å²) in [7, 11) is 1.28. The van der Waals surface area contributed by atoms with Gasteiger partial charge < -0.3 is 14.4 Å². The molecular weight excluding hydrogens is 387 g/mol. The van der Waals surface area contributed by atoms with Gasteiger partial charge in [0.1, 0.15) is 5.75 Å². The second kappa shape index (κ2) is 6.79. The van der Waals surface area contributed by atoms with Crippen molar-refractivity contribution in [1.82, 2.24) is 4.90 Å². The lowest BCUT2D eigenvalue weighted by atomic mass is 9.93. The standard InChI is InChI=1S/C21H18F3NO4/c1-28-18(26)17-16-5-3-2-4-13(16)12-25(17)19(27)20(10-11-20)14-6-8-15(9-7-14)29-21(22,23)24/h2-9,17H,10-12H2,1H3. The third-order valence-electron chi connectivity index (χ3n) is 5.49. The van der Waals surface area contributed by atoms with E-state index in [-0.39, 0.29) is 18.2 Å². The Balaban J connectivity index is 1.61. The van der Waals surface area contributed by atoms with E-state index in [2.05, 4.69) is 4.74 Å². The number of hydrogen-bond donors (Lipinski definition) is 0. The van der Waals surface area contributed by atoms with Crippen LogP contribution in [0.4, 0.5) is 13.2 Å². The van der Waals surface area contributed by atoms with Crippen molar-refractivity contribution in [2.24, 2.45) is 0 Å². The van der Waals surface area contributed by atoms with Crippen LogP contribution in [0.1, 0.15) is 35.6 Å². The minimum absolute atomic E-state index is 0.228. The number of nitrogens with zero attached hydrogens (tertiary/aromatic N) is 1. The summed E-state index contributed by atoms with van der Waals surface area (Å²) in [6.45, 7) is 0.284. The van der Waals surface area contributed by atoms with E-state index in [1.165, 1.54) is 36.3 Å². The molecule has 2 aromatic carbocycles. The van der Waals surface area contributed by atoms with Crippen molar-refractivity contribution in [3.8, 4) is 5.75 Å². The van der Waals surface area contributed by atoms with E-state index in [9.17, 15) is 22.8 Å². The van der Waals surface area contributed by atoms with E-state index >= 15 is 0 Å². The maximum Gasteiger partial charge on any atom is 0.573 e. The van der Waals surface area contributed by atoms with Crippen molar-refractivity contribution in [3.63, 3.8) is 0 Å². The molecule has 8 heteroatoms. The fourth-order valence-electron chi connectivity index (χ4n) is 3.94. The first-order valence-electron chi connectivity index (χ1n) is 9.08. The molecule has 0 saturated heterocycles. The second-order valence-electron chi connectivity index (χ2n) is 7.21. The maximum atomic E-state index is 13.4. The van der Waals surface area contributed by atoms with Gasteiger partial charge in [0.2, 0.25) is 5.91 Å². The van der Waals surface area contributed by atoms with Gasteiger partial charge in [0.15, 0.2) is 6.04 Å². The van der Waals surface area contributed by atoms with E-state index < -0.39 is 23.8 Å². The van der Waals surface area contributed by atoms with Gasteiger partial charge in [-0.25, -0.2) is 4.79 Å². The highest BCUT2D eigenvalue weighted by Crippen LogP contribution is 2.52. The van der Waals surface area contributed by atoms with E-state index in [0.717, 1.165) is 11.1 Å². The second-order valence-corrected chi connectivity index (χ2v) is 7.21. The van der Waals surface area contributed by atoms with Crippen LogP contribution in [0.5, 0.6) is 5.75 Å². The smallest absolute Gasteiger partial charge is 0.467 e. The van der Waals surface area contributed by atoms with E-state index in [4.69, 9.17) is 4.74 Å². The van der Waals surface area contributed by atoms with E-state index in [1.54, 1.807) is 12.1 Å². The van der Waals surface area contributed by atoms with Gasteiger partial charge in [-0.05, 0) is 41.7 Å². The third kappa shape index (κ3) is 3.43. The van der Waals surface area contributed by atoms with Gasteiger partial charge in [0, 0.05) is 6.54 Å². The van der Waals surface area contributed by atoms with Crippen molar-refractivity contribution >= 4 is 11.9 Å². The summed E-state index contributed by atoms with van der Waals surface area (Å²) in [6.07, 6.45) is -3.65. The average molecular weight is 405 g/mol. The zero-order valence-electron chi connectivity index (χ0n) is 15.5. The van der Waals surface area contributed by atoms with Crippen molar-refractivity contribution in [2.75, 3.05) is 7.11 Å². The summed E-state index contributed by atoms with van der Waals surface area (Å²) in [4.78, 5) is 27.4. The maximum absolute atomic E-state index is 13.4. The van der Waals surface area contributed by atoms with Crippen LogP contribution in [0.2, 0.25) is 0 Å². The molecule has 1 atom stereocenters. The fourth-order valence-corrected chi connectivity index (χ4v) is 3.94. The number of ether oxygens (including phenoxy) is 2. The molecule has 0 spiro atoms. The molecule has 1 amide bonds. The topological polar surface area (TPSA) is 55.8 Å². The van der Waals surface area contributed by atoms with E-state index in [0.29, 0.717) is 18.4 Å². The van der Waals surface area contributed by atoms with Crippen molar-refractivity contribution in [1.29, 1.82) is 0 Å². The molecule has 1 saturated carbocycles. The zero-order chi connectivity index (χ0) is 20.8. The van der Waals surface area contributed by atoms with Gasteiger partial charge in [-0.15, -0.1) is 13.2 Å². The number of rotatable bonds is 4. The summed E-state index contributed by atoms with van der Waals surface area (Å²) in [5.41, 5.74) is 1.38. The van der Waals surface area contributed by atoms with Gasteiger partial charge in [0.05, 0.1) is 12.5 Å². The molecule has 0 bridgehead atoms. The number of hydrogen-bond acceptors (Lipinski definition) is 4. The van der Waals surface area contributed by atoms with Gasteiger partial charge in [-0.1, -0.05) is 36.4 Å². The highest BCUT2D eigenvalue weighted by molar-refractivity contribution is 5.95. The Morgan fingerprint density at radius 3 is 2.31 bits per heavy atom. The Kier molecular flexibility index (Phi) is 4.52. The fraction of sp³-hybridized carbons (Fsp3) is 0.333. The first kappa shape index (κ1) is 19.3. The molecule has 4 rings (SSSR count). The van der Waals surface area contributed by atoms with Crippen LogP contribution in [-0.2, 0) is 26.3 Å². The number of benzene rings is 2. The molecule has 1 aliphatic heterocycles. The highest BCUT2D eigenvalue weighted by atomic mass is 19.4. The minimum Gasteiger partial charge on any atom is -0.467 e. The molecule has 1 unspecified atom stereocenters. The molecule has 29 heavy (non-hydrogen) atoms. The Morgan fingerprint density at radius 1 is 1.07 bits per heavy atom. The molecule has 1 fully saturated rings. The number of esters is 1. The van der Waals surface area contributed by atoms with Crippen molar-refractivity contribution in [2.45, 2.75) is 37.2 Å². The molecule has 0 aromatic heterocycles. The molecule has 2 aliphatic rings. The molecule has 1 aliphatic carbocycles. The van der Waals surface area contributed by atoms with Crippen LogP contribution in [0, 0.1) is 0 Å². The zero-order valence-corrected chi connectivity index (χ0v) is 15.5. The van der Waals surface area contributed by atoms with Crippen molar-refractivity contribution < 1.29 is 32.2 Å². The van der Waals surface area contributed by atoms with Gasteiger partial charge in [0.25, 0.3) is 0 Å². The summed E-state index contributed by atoms with van der Waals surface area (Å²) < 4.78 is 45.9. The minimum atomic E-state index is -4.77. The number of alkyl halides is 3. The Hall–Kier alpha value is -3.03. The predicted molar refractivity (Wildman–Crippen MR) is 95.8 cm³/mol. The molecule has 152 valence electrons. The number of fused-ring (bicyclic) bond motifs is 1. The number of halogens is 3. The number of methoxy groups -OCH3 is 1. The van der Waals surface area contributed by atoms with Crippen LogP contribution < -0.4 is 4.74 Å². The Labute approximate surface area is 165 Å². The summed E-state index contributed by atoms with van der Waals surface area (Å²) >= 11 is 0. The van der Waals surface area contributed by atoms with Crippen LogP contribution in [0.3, 0.4) is 0 Å². The van der Waals surface area contributed by atoms with Gasteiger partial charge in [-0.3, -0.25) is 4.79 Å². The lowest BCUT2D eigenvalue weighted by Gasteiger charge is -2.28. The lowest BCUT2D eigenvalue weighted by Crippen LogP contribution is -2.41. The lowest BCUT2D eigenvalue weighted by molar-refractivity contribution is -0.274. The van der Waals surface area contributed by atoms with Gasteiger partial charge in [-0.2, -0.15) is 0 Å². The molecular formula is C21H18F3NO4. The monoisotopic (exact) mass is 405 g/mol. The first-order chi connectivity index (χ1) is 13.7. The SMILES string of the molecule is COC(=O)C1c2ccccc2CN1C(=O)C1(c2ccc(OC(F)(F)F)cc2)CC1. The number of amides is 1. The highest BCUT2D eigenvalue weighted by Gasteiger charge is 2.56. The predicted octanol–water partition coefficient (Wildman–Crippen LogP) is 3.87. The van der Waals surface area contributed by atoms with Crippen molar-refractivity contribution in [3.05, 3.63) is 65.2 Å². The number of carbonyl (C=O) groups excluding carboxylic acids is 2. The normalized spacial score (nSPS) is 19.4. The molecule has 0 N–H and O–H groups in total. The van der Waals surface area contributed by atoms with Crippen LogP contribution >= 0.6 is 0 Å². The molecule has 0 radical (unpaired) electrons. The first-order valence-corrected chi connectivity index (χ1v) is 9.08. The Bertz CT molecular complexity index is 951. The Morgan fingerprint density at radius 2 is 1.72 bits per heavy atom. The summed E-state index contributed by atoms with van der Waals surface area (Å²) in [5.74, 6) is -1.09. The summed E-state index contributed by atoms with van der Waals surface area (Å²) in [6, 6.07) is 11.8. The van der Waals surface area contributed by atoms with Crippen LogP contribution in [0.15, 0.2) is 48.5 Å². The van der Waals surface area contributed by atoms with Gasteiger partial charge >= 0.3 is 12.3 Å².